The average molecular weight is 334 g/mol. The molecular weight excluding hydrogens is 322 g/mol. The molecule has 3 rings (SSSR count). The number of nitro benzene ring substituents is 1. The fourth-order valence-electron chi connectivity index (χ4n) is 2.52. The third kappa shape index (κ3) is 2.38. The molecule has 0 saturated heterocycles. The van der Waals surface area contributed by atoms with Crippen LogP contribution in [0.1, 0.15) is 23.7 Å². The quantitative estimate of drug-likeness (QED) is 0.684. The SMILES string of the molecule is O=[N+]([O-])c1cc(Br)ccc1NC1CCc2cccnc21. The molecule has 0 aliphatic heterocycles. The number of nitrogens with zero attached hydrogens (tertiary/aromatic N) is 2. The van der Waals surface area contributed by atoms with E-state index in [-0.39, 0.29) is 16.7 Å². The molecule has 1 aromatic carbocycles. The summed E-state index contributed by atoms with van der Waals surface area (Å²) in [7, 11) is 0. The Morgan fingerprint density at radius 1 is 1.40 bits per heavy atom. The van der Waals surface area contributed by atoms with Gasteiger partial charge in [-0.25, -0.2) is 0 Å². The molecule has 0 amide bonds. The highest BCUT2D eigenvalue weighted by Gasteiger charge is 2.25. The maximum Gasteiger partial charge on any atom is 0.293 e. The molecule has 2 aromatic rings. The van der Waals surface area contributed by atoms with Gasteiger partial charge in [0.2, 0.25) is 0 Å². The van der Waals surface area contributed by atoms with Crippen LogP contribution in [0.25, 0.3) is 0 Å². The van der Waals surface area contributed by atoms with Crippen LogP contribution in [0.4, 0.5) is 11.4 Å². The van der Waals surface area contributed by atoms with E-state index in [9.17, 15) is 10.1 Å². The Labute approximate surface area is 124 Å². The predicted molar refractivity (Wildman–Crippen MR) is 79.7 cm³/mol. The Morgan fingerprint density at radius 3 is 3.05 bits per heavy atom. The van der Waals surface area contributed by atoms with E-state index >= 15 is 0 Å². The molecule has 6 heteroatoms. The molecule has 1 N–H and O–H groups in total. The number of rotatable bonds is 3. The van der Waals surface area contributed by atoms with E-state index in [0.29, 0.717) is 10.2 Å². The van der Waals surface area contributed by atoms with Gasteiger partial charge in [0.05, 0.1) is 16.7 Å². The van der Waals surface area contributed by atoms with Crippen LogP contribution in [-0.2, 0) is 6.42 Å². The zero-order chi connectivity index (χ0) is 14.1. The number of nitrogens with one attached hydrogen (secondary N) is 1. The van der Waals surface area contributed by atoms with E-state index < -0.39 is 0 Å². The van der Waals surface area contributed by atoms with Crippen molar-refractivity contribution in [1.29, 1.82) is 0 Å². The zero-order valence-corrected chi connectivity index (χ0v) is 12.1. The topological polar surface area (TPSA) is 68.1 Å². The normalized spacial score (nSPS) is 16.8. The van der Waals surface area contributed by atoms with E-state index in [1.54, 1.807) is 18.3 Å². The van der Waals surface area contributed by atoms with Crippen molar-refractivity contribution in [2.45, 2.75) is 18.9 Å². The highest BCUT2D eigenvalue weighted by molar-refractivity contribution is 9.10. The summed E-state index contributed by atoms with van der Waals surface area (Å²) in [5.74, 6) is 0. The first-order valence-electron chi connectivity index (χ1n) is 6.29. The van der Waals surface area contributed by atoms with Crippen molar-refractivity contribution >= 4 is 27.3 Å². The minimum absolute atomic E-state index is 0.0334. The lowest BCUT2D eigenvalue weighted by Gasteiger charge is -2.14. The van der Waals surface area contributed by atoms with Gasteiger partial charge in [-0.05, 0) is 36.6 Å². The first-order valence-corrected chi connectivity index (χ1v) is 7.09. The van der Waals surface area contributed by atoms with Gasteiger partial charge in [0.15, 0.2) is 0 Å². The fraction of sp³-hybridized carbons (Fsp3) is 0.214. The standard InChI is InChI=1S/C14H12BrN3O2/c15-10-4-6-11(13(8-10)18(19)20)17-12-5-3-9-2-1-7-16-14(9)12/h1-2,4,6-8,12,17H,3,5H2. The number of hydrogen-bond donors (Lipinski definition) is 1. The monoisotopic (exact) mass is 333 g/mol. The molecule has 20 heavy (non-hydrogen) atoms. The largest absolute Gasteiger partial charge is 0.371 e. The Kier molecular flexibility index (Phi) is 3.40. The predicted octanol–water partition coefficient (Wildman–Crippen LogP) is 3.85. The molecular formula is C14H12BrN3O2. The smallest absolute Gasteiger partial charge is 0.293 e. The molecule has 5 nitrogen and oxygen atoms in total. The third-order valence-corrected chi connectivity index (χ3v) is 3.94. The van der Waals surface area contributed by atoms with Crippen molar-refractivity contribution in [3.05, 3.63) is 62.4 Å². The summed E-state index contributed by atoms with van der Waals surface area (Å²) < 4.78 is 0.694. The van der Waals surface area contributed by atoms with E-state index in [4.69, 9.17) is 0 Å². The molecule has 0 radical (unpaired) electrons. The molecule has 0 saturated carbocycles. The second-order valence-corrected chi connectivity index (χ2v) is 5.62. The molecule has 0 spiro atoms. The number of aromatic nitrogens is 1. The van der Waals surface area contributed by atoms with Crippen molar-refractivity contribution in [2.75, 3.05) is 5.32 Å². The summed E-state index contributed by atoms with van der Waals surface area (Å²) >= 11 is 3.26. The van der Waals surface area contributed by atoms with E-state index in [1.807, 2.05) is 6.07 Å². The Hall–Kier alpha value is -1.95. The molecule has 1 aliphatic carbocycles. The first kappa shape index (κ1) is 13.1. The Morgan fingerprint density at radius 2 is 2.25 bits per heavy atom. The van der Waals surface area contributed by atoms with Gasteiger partial charge in [-0.1, -0.05) is 22.0 Å². The van der Waals surface area contributed by atoms with Gasteiger partial charge in [-0.2, -0.15) is 0 Å². The van der Waals surface area contributed by atoms with Crippen molar-refractivity contribution in [1.82, 2.24) is 4.98 Å². The Bertz CT molecular complexity index is 675. The van der Waals surface area contributed by atoms with Crippen LogP contribution >= 0.6 is 15.9 Å². The number of halogens is 1. The van der Waals surface area contributed by atoms with Crippen LogP contribution < -0.4 is 5.32 Å². The van der Waals surface area contributed by atoms with Gasteiger partial charge < -0.3 is 5.32 Å². The molecule has 102 valence electrons. The number of nitro groups is 1. The minimum Gasteiger partial charge on any atom is -0.371 e. The summed E-state index contributed by atoms with van der Waals surface area (Å²) in [6, 6.07) is 9.04. The summed E-state index contributed by atoms with van der Waals surface area (Å²) in [5.41, 5.74) is 2.81. The molecule has 0 bridgehead atoms. The maximum atomic E-state index is 11.1. The number of aryl methyl sites for hydroxylation is 1. The molecule has 0 fully saturated rings. The molecule has 1 aromatic heterocycles. The molecule has 1 atom stereocenters. The highest BCUT2D eigenvalue weighted by atomic mass is 79.9. The van der Waals surface area contributed by atoms with Crippen molar-refractivity contribution in [3.63, 3.8) is 0 Å². The maximum absolute atomic E-state index is 11.1. The summed E-state index contributed by atoms with van der Waals surface area (Å²) in [6.07, 6.45) is 3.61. The van der Waals surface area contributed by atoms with Gasteiger partial charge >= 0.3 is 0 Å². The van der Waals surface area contributed by atoms with Crippen LogP contribution in [-0.4, -0.2) is 9.91 Å². The van der Waals surface area contributed by atoms with Crippen LogP contribution in [0.3, 0.4) is 0 Å². The van der Waals surface area contributed by atoms with E-state index in [2.05, 4.69) is 32.3 Å². The van der Waals surface area contributed by atoms with Crippen LogP contribution in [0.15, 0.2) is 41.0 Å². The highest BCUT2D eigenvalue weighted by Crippen LogP contribution is 2.36. The van der Waals surface area contributed by atoms with Crippen molar-refractivity contribution in [2.24, 2.45) is 0 Å². The fourth-order valence-corrected chi connectivity index (χ4v) is 2.87. The second kappa shape index (κ2) is 5.20. The lowest BCUT2D eigenvalue weighted by molar-refractivity contribution is -0.384. The van der Waals surface area contributed by atoms with E-state index in [0.717, 1.165) is 18.5 Å². The molecule has 1 unspecified atom stereocenters. The van der Waals surface area contributed by atoms with Crippen LogP contribution in [0, 0.1) is 10.1 Å². The number of anilines is 1. The van der Waals surface area contributed by atoms with Gasteiger partial charge in [-0.15, -0.1) is 0 Å². The number of fused-ring (bicyclic) bond motifs is 1. The zero-order valence-electron chi connectivity index (χ0n) is 10.5. The lowest BCUT2D eigenvalue weighted by Crippen LogP contribution is -2.10. The summed E-state index contributed by atoms with van der Waals surface area (Å²) in [5, 5.41) is 14.4. The van der Waals surface area contributed by atoms with E-state index in [1.165, 1.54) is 11.6 Å². The molecule has 1 aliphatic rings. The van der Waals surface area contributed by atoms with Gasteiger partial charge in [-0.3, -0.25) is 15.1 Å². The second-order valence-electron chi connectivity index (χ2n) is 4.70. The van der Waals surface area contributed by atoms with Gasteiger partial charge in [0.25, 0.3) is 5.69 Å². The van der Waals surface area contributed by atoms with Crippen molar-refractivity contribution in [3.8, 4) is 0 Å². The van der Waals surface area contributed by atoms with Gasteiger partial charge in [0.1, 0.15) is 5.69 Å². The minimum atomic E-state index is -0.374. The van der Waals surface area contributed by atoms with Gasteiger partial charge in [0, 0.05) is 16.7 Å². The third-order valence-electron chi connectivity index (χ3n) is 3.44. The summed E-state index contributed by atoms with van der Waals surface area (Å²) in [4.78, 5) is 15.1. The first-order chi connectivity index (χ1) is 9.65. The lowest BCUT2D eigenvalue weighted by atomic mass is 10.2. The van der Waals surface area contributed by atoms with Crippen LogP contribution in [0.5, 0.6) is 0 Å². The van der Waals surface area contributed by atoms with Crippen molar-refractivity contribution < 1.29 is 4.92 Å². The molecule has 1 heterocycles. The average Bonchev–Trinajstić information content (AvgIpc) is 2.84. The number of benzene rings is 1. The van der Waals surface area contributed by atoms with Crippen LogP contribution in [0.2, 0.25) is 0 Å². The Balaban J connectivity index is 1.92. The summed E-state index contributed by atoms with van der Waals surface area (Å²) in [6.45, 7) is 0. The number of hydrogen-bond acceptors (Lipinski definition) is 4. The number of pyridine rings is 1.